The van der Waals surface area contributed by atoms with E-state index in [9.17, 15) is 0 Å². The minimum absolute atomic E-state index is 0.176. The van der Waals surface area contributed by atoms with Gasteiger partial charge in [0.2, 0.25) is 0 Å². The summed E-state index contributed by atoms with van der Waals surface area (Å²) in [5.74, 6) is 0. The molecule has 2 aliphatic rings. The fourth-order valence-corrected chi connectivity index (χ4v) is 3.46. The van der Waals surface area contributed by atoms with E-state index in [1.807, 2.05) is 0 Å². The number of hydrogen-bond acceptors (Lipinski definition) is 0. The van der Waals surface area contributed by atoms with Crippen molar-refractivity contribution in [3.63, 3.8) is 0 Å². The Labute approximate surface area is 116 Å². The Morgan fingerprint density at radius 1 is 1.16 bits per heavy atom. The molecule has 1 aromatic carbocycles. The summed E-state index contributed by atoms with van der Waals surface area (Å²) in [4.78, 5) is 0. The van der Waals surface area contributed by atoms with Gasteiger partial charge < -0.3 is 0 Å². The van der Waals surface area contributed by atoms with Crippen molar-refractivity contribution >= 4 is 6.08 Å². The van der Waals surface area contributed by atoms with Crippen molar-refractivity contribution in [2.45, 2.75) is 44.4 Å². The van der Waals surface area contributed by atoms with Crippen LogP contribution in [0, 0.1) is 0 Å². The first-order valence-corrected chi connectivity index (χ1v) is 7.52. The zero-order valence-electron chi connectivity index (χ0n) is 11.7. The summed E-state index contributed by atoms with van der Waals surface area (Å²) >= 11 is 0. The summed E-state index contributed by atoms with van der Waals surface area (Å²) in [5, 5.41) is 0. The second-order valence-corrected chi connectivity index (χ2v) is 5.67. The highest BCUT2D eigenvalue weighted by molar-refractivity contribution is 5.69. The van der Waals surface area contributed by atoms with Gasteiger partial charge in [-0.15, -0.1) is 0 Å². The van der Waals surface area contributed by atoms with Crippen LogP contribution in [0.4, 0.5) is 0 Å². The van der Waals surface area contributed by atoms with Gasteiger partial charge in [0.15, 0.2) is 0 Å². The van der Waals surface area contributed by atoms with E-state index in [0.717, 1.165) is 6.42 Å². The number of unbranched alkanes of at least 4 members (excludes halogenated alkanes) is 2. The number of allylic oxidation sites excluding steroid dienone is 5. The molecule has 0 fully saturated rings. The van der Waals surface area contributed by atoms with Gasteiger partial charge in [-0.25, -0.2) is 0 Å². The summed E-state index contributed by atoms with van der Waals surface area (Å²) in [6, 6.07) is 8.90. The molecule has 0 bridgehead atoms. The smallest absolute Gasteiger partial charge is 0.0356 e. The highest BCUT2D eigenvalue weighted by Crippen LogP contribution is 2.47. The molecule has 1 atom stereocenters. The van der Waals surface area contributed by atoms with Crippen molar-refractivity contribution in [1.29, 1.82) is 0 Å². The molecule has 0 spiro atoms. The van der Waals surface area contributed by atoms with Crippen LogP contribution in [0.1, 0.15) is 50.2 Å². The third-order valence-electron chi connectivity index (χ3n) is 4.51. The van der Waals surface area contributed by atoms with Crippen molar-refractivity contribution in [1.82, 2.24) is 0 Å². The predicted octanol–water partition coefficient (Wildman–Crippen LogP) is 5.42. The van der Waals surface area contributed by atoms with Crippen LogP contribution >= 0.6 is 0 Å². The SMILES string of the molecule is CCCCCC1(C2=CC=CC2)C=Cc2ccccc21. The second-order valence-electron chi connectivity index (χ2n) is 5.67. The zero-order chi connectivity index (χ0) is 13.1. The molecule has 0 saturated heterocycles. The van der Waals surface area contributed by atoms with Crippen molar-refractivity contribution in [3.8, 4) is 0 Å². The van der Waals surface area contributed by atoms with Crippen molar-refractivity contribution in [3.05, 3.63) is 65.3 Å². The van der Waals surface area contributed by atoms with E-state index in [1.54, 1.807) is 5.57 Å². The van der Waals surface area contributed by atoms with E-state index < -0.39 is 0 Å². The van der Waals surface area contributed by atoms with E-state index in [4.69, 9.17) is 0 Å². The van der Waals surface area contributed by atoms with Crippen LogP contribution in [0.2, 0.25) is 0 Å². The summed E-state index contributed by atoms with van der Waals surface area (Å²) in [7, 11) is 0. The average molecular weight is 250 g/mol. The Kier molecular flexibility index (Phi) is 3.42. The average Bonchev–Trinajstić information content (AvgIpc) is 3.08. The number of benzene rings is 1. The quantitative estimate of drug-likeness (QED) is 0.612. The van der Waals surface area contributed by atoms with Gasteiger partial charge in [0.25, 0.3) is 0 Å². The lowest BCUT2D eigenvalue weighted by Gasteiger charge is -2.31. The summed E-state index contributed by atoms with van der Waals surface area (Å²) in [6.45, 7) is 2.28. The van der Waals surface area contributed by atoms with Gasteiger partial charge in [0.05, 0.1) is 0 Å². The molecule has 0 amide bonds. The predicted molar refractivity (Wildman–Crippen MR) is 83.1 cm³/mol. The maximum Gasteiger partial charge on any atom is 0.0356 e. The van der Waals surface area contributed by atoms with E-state index >= 15 is 0 Å². The van der Waals surface area contributed by atoms with E-state index in [2.05, 4.69) is 61.6 Å². The zero-order valence-corrected chi connectivity index (χ0v) is 11.7. The van der Waals surface area contributed by atoms with Gasteiger partial charge in [-0.05, 0) is 24.0 Å². The Morgan fingerprint density at radius 3 is 2.84 bits per heavy atom. The second kappa shape index (κ2) is 5.21. The molecule has 0 aliphatic heterocycles. The molecule has 0 heteroatoms. The van der Waals surface area contributed by atoms with Crippen LogP contribution < -0.4 is 0 Å². The van der Waals surface area contributed by atoms with Crippen LogP contribution in [-0.4, -0.2) is 0 Å². The Hall–Kier alpha value is -1.56. The van der Waals surface area contributed by atoms with Gasteiger partial charge in [-0.2, -0.15) is 0 Å². The molecule has 1 unspecified atom stereocenters. The van der Waals surface area contributed by atoms with E-state index in [0.29, 0.717) is 0 Å². The van der Waals surface area contributed by atoms with Crippen LogP contribution in [0.3, 0.4) is 0 Å². The number of rotatable bonds is 5. The van der Waals surface area contributed by atoms with Crippen LogP contribution in [0.25, 0.3) is 6.08 Å². The highest BCUT2D eigenvalue weighted by Gasteiger charge is 2.37. The van der Waals surface area contributed by atoms with Gasteiger partial charge in [-0.3, -0.25) is 0 Å². The standard InChI is InChI=1S/C19H22/c1-2-3-8-14-19(17-10-5-6-11-17)15-13-16-9-4-7-12-18(16)19/h4-7,9-10,12-13,15H,2-3,8,11,14H2,1H3. The lowest BCUT2D eigenvalue weighted by molar-refractivity contribution is 0.522. The highest BCUT2D eigenvalue weighted by atomic mass is 14.4. The Morgan fingerprint density at radius 2 is 2.05 bits per heavy atom. The monoisotopic (exact) mass is 250 g/mol. The Bertz CT molecular complexity index is 545. The maximum absolute atomic E-state index is 2.45. The van der Waals surface area contributed by atoms with Crippen molar-refractivity contribution in [2.75, 3.05) is 0 Å². The maximum atomic E-state index is 2.45. The first-order chi connectivity index (χ1) is 9.37. The topological polar surface area (TPSA) is 0 Å². The summed E-state index contributed by atoms with van der Waals surface area (Å²) in [5.41, 5.74) is 4.67. The first-order valence-electron chi connectivity index (χ1n) is 7.52. The molecule has 98 valence electrons. The third kappa shape index (κ3) is 2.10. The fraction of sp³-hybridized carbons (Fsp3) is 0.368. The molecule has 0 radical (unpaired) electrons. The molecular formula is C19H22. The van der Waals surface area contributed by atoms with Crippen LogP contribution in [-0.2, 0) is 5.41 Å². The van der Waals surface area contributed by atoms with E-state index in [-0.39, 0.29) is 5.41 Å². The minimum atomic E-state index is 0.176. The van der Waals surface area contributed by atoms with Crippen molar-refractivity contribution in [2.24, 2.45) is 0 Å². The van der Waals surface area contributed by atoms with Gasteiger partial charge in [0.1, 0.15) is 0 Å². The van der Waals surface area contributed by atoms with Gasteiger partial charge in [-0.1, -0.05) is 86.4 Å². The minimum Gasteiger partial charge on any atom is -0.0804 e. The van der Waals surface area contributed by atoms with Gasteiger partial charge >= 0.3 is 0 Å². The molecule has 0 heterocycles. The van der Waals surface area contributed by atoms with Crippen LogP contribution in [0.15, 0.2) is 54.1 Å². The molecular weight excluding hydrogens is 228 g/mol. The molecule has 2 aliphatic carbocycles. The lowest BCUT2D eigenvalue weighted by Crippen LogP contribution is -2.24. The Balaban J connectivity index is 1.97. The lowest BCUT2D eigenvalue weighted by atomic mass is 9.72. The van der Waals surface area contributed by atoms with Gasteiger partial charge in [0, 0.05) is 5.41 Å². The molecule has 0 saturated carbocycles. The molecule has 1 aromatic rings. The molecule has 19 heavy (non-hydrogen) atoms. The number of hydrogen-bond donors (Lipinski definition) is 0. The summed E-state index contributed by atoms with van der Waals surface area (Å²) < 4.78 is 0. The number of fused-ring (bicyclic) bond motifs is 1. The van der Waals surface area contributed by atoms with E-state index in [1.165, 1.54) is 36.8 Å². The molecule has 0 nitrogen and oxygen atoms in total. The molecule has 0 N–H and O–H groups in total. The first kappa shape index (κ1) is 12.5. The summed E-state index contributed by atoms with van der Waals surface area (Å²) in [6.07, 6.45) is 17.9. The van der Waals surface area contributed by atoms with Crippen molar-refractivity contribution < 1.29 is 0 Å². The third-order valence-corrected chi connectivity index (χ3v) is 4.51. The fourth-order valence-electron chi connectivity index (χ4n) is 3.46. The largest absolute Gasteiger partial charge is 0.0804 e. The van der Waals surface area contributed by atoms with Crippen LogP contribution in [0.5, 0.6) is 0 Å². The molecule has 0 aromatic heterocycles. The molecule has 3 rings (SSSR count). The normalized spacial score (nSPS) is 23.7.